The van der Waals surface area contributed by atoms with E-state index in [2.05, 4.69) is 0 Å². The van der Waals surface area contributed by atoms with Crippen LogP contribution < -0.4 is 0 Å². The zero-order chi connectivity index (χ0) is 11.1. The number of aliphatic hydroxyl groups is 1. The van der Waals surface area contributed by atoms with Gasteiger partial charge in [0, 0.05) is 26.1 Å². The summed E-state index contributed by atoms with van der Waals surface area (Å²) in [6.07, 6.45) is 3.84. The average molecular weight is 215 g/mol. The quantitative estimate of drug-likeness (QED) is 0.712. The van der Waals surface area contributed by atoms with E-state index in [1.807, 2.05) is 6.92 Å². The van der Waals surface area contributed by atoms with E-state index in [-0.39, 0.29) is 18.6 Å². The van der Waals surface area contributed by atoms with Crippen LogP contribution in [0.4, 0.5) is 0 Å². The highest BCUT2D eigenvalue weighted by Gasteiger charge is 2.18. The second kappa shape index (κ2) is 6.80. The Hall–Kier alpha value is -0.610. The summed E-state index contributed by atoms with van der Waals surface area (Å²) in [4.78, 5) is 13.4. The molecule has 1 atom stereocenters. The molecule has 15 heavy (non-hydrogen) atoms. The number of aliphatic hydroxyl groups excluding tert-OH is 1. The number of carbonyl (C=O) groups is 1. The van der Waals surface area contributed by atoms with Gasteiger partial charge in [0.15, 0.2) is 0 Å². The molecule has 4 nitrogen and oxygen atoms in total. The van der Waals surface area contributed by atoms with Gasteiger partial charge in [0.25, 0.3) is 0 Å². The van der Waals surface area contributed by atoms with Crippen molar-refractivity contribution in [2.45, 2.75) is 38.7 Å². The SMILES string of the molecule is CCN(CCO)C(=O)CCC1CCCO1. The Labute approximate surface area is 91.2 Å². The minimum Gasteiger partial charge on any atom is -0.395 e. The fourth-order valence-corrected chi connectivity index (χ4v) is 1.89. The van der Waals surface area contributed by atoms with Crippen molar-refractivity contribution in [2.24, 2.45) is 0 Å². The van der Waals surface area contributed by atoms with Crippen LogP contribution in [-0.2, 0) is 9.53 Å². The first-order valence-electron chi connectivity index (χ1n) is 5.78. The predicted molar refractivity (Wildman–Crippen MR) is 57.5 cm³/mol. The van der Waals surface area contributed by atoms with Gasteiger partial charge in [-0.2, -0.15) is 0 Å². The van der Waals surface area contributed by atoms with E-state index in [0.717, 1.165) is 25.9 Å². The van der Waals surface area contributed by atoms with Gasteiger partial charge in [-0.15, -0.1) is 0 Å². The molecule has 0 saturated carbocycles. The van der Waals surface area contributed by atoms with Crippen molar-refractivity contribution in [1.82, 2.24) is 4.90 Å². The number of amides is 1. The Bertz CT molecular complexity index is 190. The van der Waals surface area contributed by atoms with Crippen LogP contribution >= 0.6 is 0 Å². The summed E-state index contributed by atoms with van der Waals surface area (Å²) in [7, 11) is 0. The van der Waals surface area contributed by atoms with Crippen molar-refractivity contribution in [3.63, 3.8) is 0 Å². The van der Waals surface area contributed by atoms with Crippen LogP contribution in [0.1, 0.15) is 32.6 Å². The summed E-state index contributed by atoms with van der Waals surface area (Å²) in [6, 6.07) is 0. The maximum absolute atomic E-state index is 11.7. The summed E-state index contributed by atoms with van der Waals surface area (Å²) in [5.74, 6) is 0.127. The molecule has 0 aromatic carbocycles. The predicted octanol–water partition coefficient (Wildman–Crippen LogP) is 0.786. The van der Waals surface area contributed by atoms with Crippen molar-refractivity contribution in [1.29, 1.82) is 0 Å². The monoisotopic (exact) mass is 215 g/mol. The fourth-order valence-electron chi connectivity index (χ4n) is 1.89. The standard InChI is InChI=1S/C11H21NO3/c1-2-12(7-8-13)11(14)6-5-10-4-3-9-15-10/h10,13H,2-9H2,1H3. The maximum Gasteiger partial charge on any atom is 0.222 e. The molecule has 88 valence electrons. The highest BCUT2D eigenvalue weighted by atomic mass is 16.5. The number of hydrogen-bond donors (Lipinski definition) is 1. The van der Waals surface area contributed by atoms with Crippen molar-refractivity contribution < 1.29 is 14.6 Å². The first-order valence-corrected chi connectivity index (χ1v) is 5.78. The third-order valence-electron chi connectivity index (χ3n) is 2.81. The first kappa shape index (κ1) is 12.5. The lowest BCUT2D eigenvalue weighted by Gasteiger charge is -2.20. The van der Waals surface area contributed by atoms with Gasteiger partial charge in [-0.25, -0.2) is 0 Å². The first-order chi connectivity index (χ1) is 7.27. The van der Waals surface area contributed by atoms with E-state index in [4.69, 9.17) is 9.84 Å². The van der Waals surface area contributed by atoms with Gasteiger partial charge in [-0.3, -0.25) is 4.79 Å². The van der Waals surface area contributed by atoms with Crippen molar-refractivity contribution in [3.05, 3.63) is 0 Å². The zero-order valence-corrected chi connectivity index (χ0v) is 9.45. The molecular formula is C11H21NO3. The van der Waals surface area contributed by atoms with Crippen LogP contribution in [0.2, 0.25) is 0 Å². The summed E-state index contributed by atoms with van der Waals surface area (Å²) in [5, 5.41) is 8.78. The molecule has 0 aromatic heterocycles. The van der Waals surface area contributed by atoms with Crippen LogP contribution in [-0.4, -0.2) is 48.3 Å². The Kier molecular flexibility index (Phi) is 5.65. The summed E-state index contributed by atoms with van der Waals surface area (Å²) in [6.45, 7) is 3.93. The van der Waals surface area contributed by atoms with E-state index in [1.165, 1.54) is 0 Å². The van der Waals surface area contributed by atoms with Gasteiger partial charge in [-0.1, -0.05) is 0 Å². The molecule has 0 aromatic rings. The molecule has 0 radical (unpaired) electrons. The molecule has 1 rings (SSSR count). The highest BCUT2D eigenvalue weighted by molar-refractivity contribution is 5.76. The number of hydrogen-bond acceptors (Lipinski definition) is 3. The molecule has 0 aliphatic carbocycles. The van der Waals surface area contributed by atoms with Crippen molar-refractivity contribution >= 4 is 5.91 Å². The molecule has 1 N–H and O–H groups in total. The maximum atomic E-state index is 11.7. The number of likely N-dealkylation sites (N-methyl/N-ethyl adjacent to an activating group) is 1. The summed E-state index contributed by atoms with van der Waals surface area (Å²) < 4.78 is 5.46. The molecular weight excluding hydrogens is 194 g/mol. The Morgan fingerprint density at radius 3 is 2.93 bits per heavy atom. The van der Waals surface area contributed by atoms with E-state index in [9.17, 15) is 4.79 Å². The highest BCUT2D eigenvalue weighted by Crippen LogP contribution is 2.17. The minimum absolute atomic E-state index is 0.0412. The van der Waals surface area contributed by atoms with Gasteiger partial charge in [0.1, 0.15) is 0 Å². The number of rotatable bonds is 6. The number of ether oxygens (including phenoxy) is 1. The lowest BCUT2D eigenvalue weighted by atomic mass is 10.1. The second-order valence-corrected chi connectivity index (χ2v) is 3.87. The normalized spacial score (nSPS) is 20.5. The molecule has 1 saturated heterocycles. The zero-order valence-electron chi connectivity index (χ0n) is 9.45. The molecule has 1 fully saturated rings. The van der Waals surface area contributed by atoms with Crippen LogP contribution in [0.25, 0.3) is 0 Å². The molecule has 1 aliphatic rings. The second-order valence-electron chi connectivity index (χ2n) is 3.87. The van der Waals surface area contributed by atoms with Crippen LogP contribution in [0.5, 0.6) is 0 Å². The Balaban J connectivity index is 2.20. The van der Waals surface area contributed by atoms with E-state index >= 15 is 0 Å². The Morgan fingerprint density at radius 2 is 2.40 bits per heavy atom. The van der Waals surface area contributed by atoms with Gasteiger partial charge >= 0.3 is 0 Å². The third-order valence-corrected chi connectivity index (χ3v) is 2.81. The third kappa shape index (κ3) is 4.18. The largest absolute Gasteiger partial charge is 0.395 e. The van der Waals surface area contributed by atoms with E-state index in [0.29, 0.717) is 19.5 Å². The minimum atomic E-state index is 0.0412. The summed E-state index contributed by atoms with van der Waals surface area (Å²) in [5.41, 5.74) is 0. The fraction of sp³-hybridized carbons (Fsp3) is 0.909. The van der Waals surface area contributed by atoms with Crippen molar-refractivity contribution in [2.75, 3.05) is 26.3 Å². The van der Waals surface area contributed by atoms with Gasteiger partial charge in [0.05, 0.1) is 12.7 Å². The lowest BCUT2D eigenvalue weighted by Crippen LogP contribution is -2.33. The molecule has 1 aliphatic heterocycles. The molecule has 0 bridgehead atoms. The topological polar surface area (TPSA) is 49.8 Å². The average Bonchev–Trinajstić information content (AvgIpc) is 2.75. The van der Waals surface area contributed by atoms with Gasteiger partial charge in [0.2, 0.25) is 5.91 Å². The summed E-state index contributed by atoms with van der Waals surface area (Å²) >= 11 is 0. The Morgan fingerprint density at radius 1 is 1.60 bits per heavy atom. The lowest BCUT2D eigenvalue weighted by molar-refractivity contribution is -0.132. The van der Waals surface area contributed by atoms with Gasteiger partial charge in [-0.05, 0) is 26.2 Å². The number of carbonyl (C=O) groups excluding carboxylic acids is 1. The molecule has 1 heterocycles. The van der Waals surface area contributed by atoms with Crippen LogP contribution in [0.3, 0.4) is 0 Å². The van der Waals surface area contributed by atoms with E-state index in [1.54, 1.807) is 4.90 Å². The molecule has 4 heteroatoms. The number of nitrogens with zero attached hydrogens (tertiary/aromatic N) is 1. The molecule has 1 unspecified atom stereocenters. The van der Waals surface area contributed by atoms with Crippen molar-refractivity contribution in [3.8, 4) is 0 Å². The van der Waals surface area contributed by atoms with Crippen LogP contribution in [0, 0.1) is 0 Å². The van der Waals surface area contributed by atoms with Crippen LogP contribution in [0.15, 0.2) is 0 Å². The van der Waals surface area contributed by atoms with E-state index < -0.39 is 0 Å². The smallest absolute Gasteiger partial charge is 0.222 e. The molecule has 0 spiro atoms. The van der Waals surface area contributed by atoms with Gasteiger partial charge < -0.3 is 14.7 Å². The molecule has 1 amide bonds.